The lowest BCUT2D eigenvalue weighted by Gasteiger charge is -2.03. The van der Waals surface area contributed by atoms with Gasteiger partial charge in [0.25, 0.3) is 0 Å². The van der Waals surface area contributed by atoms with Crippen molar-refractivity contribution in [2.75, 3.05) is 25.6 Å². The van der Waals surface area contributed by atoms with E-state index in [1.807, 2.05) is 6.07 Å². The van der Waals surface area contributed by atoms with Gasteiger partial charge in [0.2, 0.25) is 0 Å². The fraction of sp³-hybridized carbons (Fsp3) is 0.600. The molecule has 1 heterocycles. The van der Waals surface area contributed by atoms with Crippen LogP contribution in [0.3, 0.4) is 0 Å². The van der Waals surface area contributed by atoms with Crippen LogP contribution in [0.2, 0.25) is 0 Å². The maximum Gasteiger partial charge on any atom is 0.141 e. The number of hydrogen-bond donors (Lipinski definition) is 1. The molecule has 0 radical (unpaired) electrons. The van der Waals surface area contributed by atoms with E-state index >= 15 is 0 Å². The molecular weight excluding hydrogens is 214 g/mol. The van der Waals surface area contributed by atoms with Gasteiger partial charge in [-0.25, -0.2) is 9.97 Å². The molecule has 0 atom stereocenters. The summed E-state index contributed by atoms with van der Waals surface area (Å²) in [6, 6.07) is 1.81. The molecule has 0 aliphatic rings. The van der Waals surface area contributed by atoms with Crippen molar-refractivity contribution in [2.24, 2.45) is 0 Å². The predicted molar refractivity (Wildman–Crippen MR) is 59.9 cm³/mol. The lowest BCUT2D eigenvalue weighted by molar-refractivity contribution is 0.146. The van der Waals surface area contributed by atoms with Crippen LogP contribution in [0.25, 0.3) is 0 Å². The van der Waals surface area contributed by atoms with Crippen molar-refractivity contribution in [1.82, 2.24) is 15.3 Å². The van der Waals surface area contributed by atoms with Crippen LogP contribution in [0.1, 0.15) is 12.2 Å². The minimum Gasteiger partial charge on any atom is -0.380 e. The summed E-state index contributed by atoms with van der Waals surface area (Å²) < 4.78 is 5.23. The molecule has 0 unspecified atom stereocenters. The van der Waals surface area contributed by atoms with Crippen LogP contribution >= 0.6 is 11.6 Å². The van der Waals surface area contributed by atoms with E-state index in [0.717, 1.165) is 25.4 Å². The zero-order valence-electron chi connectivity index (χ0n) is 8.66. The van der Waals surface area contributed by atoms with Crippen molar-refractivity contribution >= 4 is 11.6 Å². The zero-order valence-corrected chi connectivity index (χ0v) is 9.41. The maximum absolute atomic E-state index is 5.46. The Hall–Kier alpha value is -0.710. The van der Waals surface area contributed by atoms with Gasteiger partial charge in [-0.05, 0) is 19.0 Å². The summed E-state index contributed by atoms with van der Waals surface area (Å²) in [7, 11) is 0. The Morgan fingerprint density at radius 1 is 1.27 bits per heavy atom. The summed E-state index contributed by atoms with van der Waals surface area (Å²) in [5.74, 6) is 1.38. The topological polar surface area (TPSA) is 47.0 Å². The first kappa shape index (κ1) is 12.4. The summed E-state index contributed by atoms with van der Waals surface area (Å²) in [6.07, 6.45) is 4.46. The minimum atomic E-state index is 0.561. The third kappa shape index (κ3) is 6.38. The highest BCUT2D eigenvalue weighted by atomic mass is 35.5. The van der Waals surface area contributed by atoms with E-state index in [2.05, 4.69) is 15.3 Å². The number of ether oxygens (including phenoxy) is 1. The lowest BCUT2D eigenvalue weighted by atomic mass is 10.4. The number of hydrogen-bond acceptors (Lipinski definition) is 4. The van der Waals surface area contributed by atoms with Gasteiger partial charge in [0, 0.05) is 24.9 Å². The standard InChI is InChI=1S/C10H16ClN3O/c11-3-8-15-7-2-4-12-9-10-13-5-1-6-14-10/h1,5-6,12H,2-4,7-9H2. The van der Waals surface area contributed by atoms with Crippen LogP contribution in [0.4, 0.5) is 0 Å². The fourth-order valence-electron chi connectivity index (χ4n) is 1.08. The van der Waals surface area contributed by atoms with Crippen LogP contribution in [0.15, 0.2) is 18.5 Å². The van der Waals surface area contributed by atoms with Crippen molar-refractivity contribution in [2.45, 2.75) is 13.0 Å². The Bertz CT molecular complexity index is 246. The molecule has 0 fully saturated rings. The first-order chi connectivity index (χ1) is 7.43. The highest BCUT2D eigenvalue weighted by Gasteiger charge is 1.93. The normalized spacial score (nSPS) is 10.5. The predicted octanol–water partition coefficient (Wildman–Crippen LogP) is 1.21. The number of aromatic nitrogens is 2. The Morgan fingerprint density at radius 2 is 2.07 bits per heavy atom. The minimum absolute atomic E-state index is 0.561. The van der Waals surface area contributed by atoms with Crippen LogP contribution < -0.4 is 5.32 Å². The maximum atomic E-state index is 5.46. The molecule has 0 aliphatic carbocycles. The molecule has 0 saturated carbocycles. The number of rotatable bonds is 8. The van der Waals surface area contributed by atoms with Crippen LogP contribution in [0, 0.1) is 0 Å². The molecule has 0 aromatic carbocycles. The zero-order chi connectivity index (χ0) is 10.8. The van der Waals surface area contributed by atoms with Gasteiger partial charge in [0.05, 0.1) is 13.2 Å². The second-order valence-electron chi connectivity index (χ2n) is 3.00. The van der Waals surface area contributed by atoms with Gasteiger partial charge in [-0.2, -0.15) is 0 Å². The van der Waals surface area contributed by atoms with E-state index < -0.39 is 0 Å². The third-order valence-corrected chi connectivity index (χ3v) is 1.92. The summed E-state index contributed by atoms with van der Waals surface area (Å²) in [5, 5.41) is 3.24. The molecule has 0 saturated heterocycles. The van der Waals surface area contributed by atoms with Crippen molar-refractivity contribution < 1.29 is 4.74 Å². The third-order valence-electron chi connectivity index (χ3n) is 1.77. The number of nitrogens with zero attached hydrogens (tertiary/aromatic N) is 2. The molecule has 0 aliphatic heterocycles. The first-order valence-corrected chi connectivity index (χ1v) is 5.57. The Labute approximate surface area is 95.0 Å². The molecule has 5 heteroatoms. The monoisotopic (exact) mass is 229 g/mol. The van der Waals surface area contributed by atoms with E-state index in [1.165, 1.54) is 0 Å². The smallest absolute Gasteiger partial charge is 0.141 e. The molecule has 84 valence electrons. The van der Waals surface area contributed by atoms with Crippen LogP contribution in [-0.2, 0) is 11.3 Å². The molecule has 1 aromatic heterocycles. The Kier molecular flexibility index (Phi) is 7.08. The Balaban J connectivity index is 1.93. The van der Waals surface area contributed by atoms with Gasteiger partial charge in [-0.15, -0.1) is 11.6 Å². The van der Waals surface area contributed by atoms with Crippen molar-refractivity contribution in [3.8, 4) is 0 Å². The molecule has 0 spiro atoms. The largest absolute Gasteiger partial charge is 0.380 e. The van der Waals surface area contributed by atoms with Gasteiger partial charge in [-0.1, -0.05) is 0 Å². The van der Waals surface area contributed by atoms with Gasteiger partial charge in [-0.3, -0.25) is 0 Å². The van der Waals surface area contributed by atoms with Gasteiger partial charge in [0.1, 0.15) is 5.82 Å². The molecule has 0 amide bonds. The Morgan fingerprint density at radius 3 is 2.80 bits per heavy atom. The second kappa shape index (κ2) is 8.59. The van der Waals surface area contributed by atoms with E-state index in [9.17, 15) is 0 Å². The first-order valence-electron chi connectivity index (χ1n) is 5.04. The van der Waals surface area contributed by atoms with Crippen LogP contribution in [-0.4, -0.2) is 35.6 Å². The quantitative estimate of drug-likeness (QED) is 0.538. The number of halogens is 1. The summed E-state index contributed by atoms with van der Waals surface area (Å²) >= 11 is 5.46. The molecular formula is C10H16ClN3O. The molecule has 1 rings (SSSR count). The molecule has 1 N–H and O–H groups in total. The van der Waals surface area contributed by atoms with E-state index in [1.54, 1.807) is 12.4 Å². The van der Waals surface area contributed by atoms with E-state index in [0.29, 0.717) is 19.0 Å². The van der Waals surface area contributed by atoms with Gasteiger partial charge >= 0.3 is 0 Å². The molecule has 15 heavy (non-hydrogen) atoms. The van der Waals surface area contributed by atoms with Crippen LogP contribution in [0.5, 0.6) is 0 Å². The SMILES string of the molecule is ClCCOCCCNCc1ncccn1. The average molecular weight is 230 g/mol. The lowest BCUT2D eigenvalue weighted by Crippen LogP contribution is -2.18. The average Bonchev–Trinajstić information content (AvgIpc) is 2.29. The van der Waals surface area contributed by atoms with Crippen molar-refractivity contribution in [1.29, 1.82) is 0 Å². The fourth-order valence-corrected chi connectivity index (χ4v) is 1.19. The highest BCUT2D eigenvalue weighted by molar-refractivity contribution is 6.17. The number of nitrogens with one attached hydrogen (secondary N) is 1. The summed E-state index contributed by atoms with van der Waals surface area (Å²) in [5.41, 5.74) is 0. The molecule has 1 aromatic rings. The highest BCUT2D eigenvalue weighted by Crippen LogP contribution is 1.87. The van der Waals surface area contributed by atoms with Gasteiger partial charge in [0.15, 0.2) is 0 Å². The van der Waals surface area contributed by atoms with E-state index in [-0.39, 0.29) is 0 Å². The van der Waals surface area contributed by atoms with E-state index in [4.69, 9.17) is 16.3 Å². The van der Waals surface area contributed by atoms with Crippen molar-refractivity contribution in [3.63, 3.8) is 0 Å². The molecule has 4 nitrogen and oxygen atoms in total. The summed E-state index contributed by atoms with van der Waals surface area (Å²) in [4.78, 5) is 8.21. The number of alkyl halides is 1. The molecule has 0 bridgehead atoms. The van der Waals surface area contributed by atoms with Gasteiger partial charge < -0.3 is 10.1 Å². The second-order valence-corrected chi connectivity index (χ2v) is 3.37. The summed E-state index contributed by atoms with van der Waals surface area (Å²) in [6.45, 7) is 2.98. The van der Waals surface area contributed by atoms with Crippen molar-refractivity contribution in [3.05, 3.63) is 24.3 Å².